The van der Waals surface area contributed by atoms with E-state index in [2.05, 4.69) is 4.98 Å². The Bertz CT molecular complexity index is 419. The first-order valence-electron chi connectivity index (χ1n) is 3.08. The largest absolute Gasteiger partial charge is 0.380 e. The first-order valence-corrected chi connectivity index (χ1v) is 4.74. The molecule has 0 fully saturated rings. The molecule has 0 atom stereocenters. The number of H-pyrrole nitrogens is 1. The molecule has 2 N–H and O–H groups in total. The van der Waals surface area contributed by atoms with Gasteiger partial charge in [-0.05, 0) is 0 Å². The van der Waals surface area contributed by atoms with E-state index >= 15 is 0 Å². The van der Waals surface area contributed by atoms with E-state index in [1.165, 1.54) is 12.3 Å². The van der Waals surface area contributed by atoms with Crippen LogP contribution in [0.3, 0.4) is 0 Å². The van der Waals surface area contributed by atoms with Gasteiger partial charge in [-0.25, -0.2) is 8.42 Å². The van der Waals surface area contributed by atoms with Crippen molar-refractivity contribution in [2.75, 3.05) is 5.94 Å². The lowest BCUT2D eigenvalue weighted by Gasteiger charge is -1.97. The number of hydrogen-bond donors (Lipinski definition) is 2. The lowest BCUT2D eigenvalue weighted by molar-refractivity contribution is 0.358. The topological polar surface area (TPSA) is 87.2 Å². The quantitative estimate of drug-likeness (QED) is 0.631. The molecule has 1 heterocycles. The first kappa shape index (κ1) is 8.95. The number of aliphatic hydroxyl groups excluding tert-OH is 1. The average molecular weight is 189 g/mol. The second-order valence-electron chi connectivity index (χ2n) is 2.13. The fourth-order valence-electron chi connectivity index (χ4n) is 0.674. The highest BCUT2D eigenvalue weighted by molar-refractivity contribution is 7.91. The summed E-state index contributed by atoms with van der Waals surface area (Å²) in [5.41, 5.74) is -0.416. The number of pyridine rings is 1. The van der Waals surface area contributed by atoms with Gasteiger partial charge < -0.3 is 10.1 Å². The van der Waals surface area contributed by atoms with Crippen molar-refractivity contribution in [3.8, 4) is 0 Å². The molecule has 6 heteroatoms. The first-order chi connectivity index (χ1) is 5.56. The minimum atomic E-state index is -3.72. The Balaban J connectivity index is 3.31. The molecule has 1 aromatic rings. The van der Waals surface area contributed by atoms with E-state index in [-0.39, 0.29) is 5.03 Å². The van der Waals surface area contributed by atoms with Crippen molar-refractivity contribution < 1.29 is 13.5 Å². The second-order valence-corrected chi connectivity index (χ2v) is 4.06. The molecular formula is C6H7NO4S. The Kier molecular flexibility index (Phi) is 2.30. The van der Waals surface area contributed by atoms with Crippen LogP contribution in [-0.4, -0.2) is 24.4 Å². The SMILES string of the molecule is O=c1cc[nH]c(S(=O)(=O)CO)c1. The van der Waals surface area contributed by atoms with E-state index in [0.29, 0.717) is 0 Å². The predicted molar refractivity (Wildman–Crippen MR) is 41.3 cm³/mol. The Morgan fingerprint density at radius 1 is 1.50 bits per heavy atom. The zero-order valence-electron chi connectivity index (χ0n) is 6.02. The fourth-order valence-corrected chi connectivity index (χ4v) is 1.36. The van der Waals surface area contributed by atoms with Crippen LogP contribution < -0.4 is 5.43 Å². The third-order valence-corrected chi connectivity index (χ3v) is 2.50. The fraction of sp³-hybridized carbons (Fsp3) is 0.167. The van der Waals surface area contributed by atoms with E-state index in [1.807, 2.05) is 0 Å². The maximum Gasteiger partial charge on any atom is 0.217 e. The molecular weight excluding hydrogens is 182 g/mol. The molecule has 12 heavy (non-hydrogen) atoms. The van der Waals surface area contributed by atoms with Gasteiger partial charge in [0.1, 0.15) is 5.03 Å². The standard InChI is InChI=1S/C6H7NO4S/c8-4-12(10,11)6-3-5(9)1-2-7-6/h1-3,8H,4H2,(H,7,9). The molecule has 0 amide bonds. The summed E-state index contributed by atoms with van der Waals surface area (Å²) < 4.78 is 21.9. The van der Waals surface area contributed by atoms with Gasteiger partial charge in [0.2, 0.25) is 9.84 Å². The zero-order valence-corrected chi connectivity index (χ0v) is 6.84. The van der Waals surface area contributed by atoms with Crippen LogP contribution >= 0.6 is 0 Å². The maximum atomic E-state index is 10.9. The van der Waals surface area contributed by atoms with Crippen molar-refractivity contribution in [2.45, 2.75) is 5.03 Å². The van der Waals surface area contributed by atoms with Crippen molar-refractivity contribution in [3.05, 3.63) is 28.6 Å². The number of hydrogen-bond acceptors (Lipinski definition) is 4. The summed E-state index contributed by atoms with van der Waals surface area (Å²) in [7, 11) is -3.72. The van der Waals surface area contributed by atoms with Gasteiger partial charge in [-0.2, -0.15) is 0 Å². The van der Waals surface area contributed by atoms with Gasteiger partial charge in [0.05, 0.1) is 0 Å². The minimum absolute atomic E-state index is 0.266. The normalized spacial score (nSPS) is 11.4. The van der Waals surface area contributed by atoms with Crippen molar-refractivity contribution in [3.63, 3.8) is 0 Å². The van der Waals surface area contributed by atoms with Gasteiger partial charge in [0.15, 0.2) is 11.4 Å². The highest BCUT2D eigenvalue weighted by Crippen LogP contribution is 2.01. The molecule has 0 aliphatic rings. The van der Waals surface area contributed by atoms with Crippen molar-refractivity contribution >= 4 is 9.84 Å². The van der Waals surface area contributed by atoms with Crippen LogP contribution in [0.15, 0.2) is 28.2 Å². The molecule has 5 nitrogen and oxygen atoms in total. The molecule has 0 radical (unpaired) electrons. The molecule has 0 spiro atoms. The molecule has 66 valence electrons. The maximum absolute atomic E-state index is 10.9. The smallest absolute Gasteiger partial charge is 0.217 e. The summed E-state index contributed by atoms with van der Waals surface area (Å²) >= 11 is 0. The summed E-state index contributed by atoms with van der Waals surface area (Å²) in [6.45, 7) is 0. The monoisotopic (exact) mass is 189 g/mol. The van der Waals surface area contributed by atoms with Gasteiger partial charge in [-0.3, -0.25) is 4.79 Å². The minimum Gasteiger partial charge on any atom is -0.380 e. The molecule has 1 rings (SSSR count). The molecule has 0 saturated carbocycles. The summed E-state index contributed by atoms with van der Waals surface area (Å²) in [6.07, 6.45) is 1.21. The van der Waals surface area contributed by atoms with E-state index in [1.54, 1.807) is 0 Å². The summed E-state index contributed by atoms with van der Waals surface area (Å²) in [5.74, 6) is -1.01. The number of nitrogens with one attached hydrogen (secondary N) is 1. The van der Waals surface area contributed by atoms with E-state index < -0.39 is 21.2 Å². The van der Waals surface area contributed by atoms with E-state index in [4.69, 9.17) is 5.11 Å². The Labute approximate surface area is 68.6 Å². The average Bonchev–Trinajstić information content (AvgIpc) is 2.05. The molecule has 0 aliphatic carbocycles. The number of aromatic nitrogens is 1. The van der Waals surface area contributed by atoms with Crippen LogP contribution in [0.25, 0.3) is 0 Å². The Morgan fingerprint density at radius 3 is 2.67 bits per heavy atom. The van der Waals surface area contributed by atoms with Crippen molar-refractivity contribution in [1.29, 1.82) is 0 Å². The predicted octanol–water partition coefficient (Wildman–Crippen LogP) is -0.902. The van der Waals surface area contributed by atoms with Crippen LogP contribution in [0.2, 0.25) is 0 Å². The summed E-state index contributed by atoms with van der Waals surface area (Å²) in [6, 6.07) is 2.11. The molecule has 0 unspecified atom stereocenters. The molecule has 1 aromatic heterocycles. The van der Waals surface area contributed by atoms with Gasteiger partial charge in [0.25, 0.3) is 0 Å². The molecule has 0 aliphatic heterocycles. The number of rotatable bonds is 2. The molecule has 0 aromatic carbocycles. The van der Waals surface area contributed by atoms with Gasteiger partial charge in [0, 0.05) is 18.3 Å². The van der Waals surface area contributed by atoms with Crippen LogP contribution in [-0.2, 0) is 9.84 Å². The third-order valence-electron chi connectivity index (χ3n) is 1.25. The van der Waals surface area contributed by atoms with Crippen LogP contribution in [0, 0.1) is 0 Å². The van der Waals surface area contributed by atoms with Crippen LogP contribution in [0.5, 0.6) is 0 Å². The van der Waals surface area contributed by atoms with E-state index in [9.17, 15) is 13.2 Å². The lowest BCUT2D eigenvalue weighted by atomic mass is 10.5. The number of sulfone groups is 1. The number of aromatic amines is 1. The van der Waals surface area contributed by atoms with E-state index in [0.717, 1.165) is 6.07 Å². The Hall–Kier alpha value is -1.14. The van der Waals surface area contributed by atoms with Gasteiger partial charge >= 0.3 is 0 Å². The number of aliphatic hydroxyl groups is 1. The highest BCUT2D eigenvalue weighted by Gasteiger charge is 2.12. The second kappa shape index (κ2) is 3.08. The van der Waals surface area contributed by atoms with Gasteiger partial charge in [-0.15, -0.1) is 0 Å². The summed E-state index contributed by atoms with van der Waals surface area (Å²) in [5, 5.41) is 8.16. The Morgan fingerprint density at radius 2 is 2.17 bits per heavy atom. The van der Waals surface area contributed by atoms with Crippen LogP contribution in [0.4, 0.5) is 0 Å². The molecule has 0 bridgehead atoms. The van der Waals surface area contributed by atoms with Crippen molar-refractivity contribution in [1.82, 2.24) is 4.98 Å². The zero-order chi connectivity index (χ0) is 9.19. The van der Waals surface area contributed by atoms with Gasteiger partial charge in [-0.1, -0.05) is 0 Å². The summed E-state index contributed by atoms with van der Waals surface area (Å²) in [4.78, 5) is 13.0. The molecule has 0 saturated heterocycles. The van der Waals surface area contributed by atoms with Crippen LogP contribution in [0.1, 0.15) is 0 Å². The van der Waals surface area contributed by atoms with Crippen molar-refractivity contribution in [2.24, 2.45) is 0 Å². The third kappa shape index (κ3) is 1.72. The highest BCUT2D eigenvalue weighted by atomic mass is 32.2. The lowest BCUT2D eigenvalue weighted by Crippen LogP contribution is -2.11.